The summed E-state index contributed by atoms with van der Waals surface area (Å²) in [6.07, 6.45) is -1.45. The molecule has 4 nitrogen and oxygen atoms in total. The molecule has 1 heterocycles. The Labute approximate surface area is 107 Å². The van der Waals surface area contributed by atoms with Crippen LogP contribution in [-0.2, 0) is 9.53 Å². The summed E-state index contributed by atoms with van der Waals surface area (Å²) >= 11 is 0. The van der Waals surface area contributed by atoms with Crippen molar-refractivity contribution in [3.05, 3.63) is 0 Å². The van der Waals surface area contributed by atoms with E-state index in [1.165, 1.54) is 4.90 Å². The lowest BCUT2D eigenvalue weighted by Crippen LogP contribution is -2.52. The number of nitrogens with zero attached hydrogens (tertiary/aromatic N) is 1. The van der Waals surface area contributed by atoms with E-state index in [0.717, 1.165) is 0 Å². The maximum atomic E-state index is 13.6. The molecule has 0 radical (unpaired) electrons. The fraction of sp³-hybridized carbons (Fsp3) is 0.846. The number of halogens is 1. The molecule has 1 rings (SSSR count). The predicted octanol–water partition coefficient (Wildman–Crippen LogP) is 2.70. The first-order valence-corrected chi connectivity index (χ1v) is 6.28. The zero-order valence-electron chi connectivity index (χ0n) is 11.7. The molecule has 0 N–H and O–H groups in total. The zero-order valence-corrected chi connectivity index (χ0v) is 11.7. The normalized spacial score (nSPS) is 28.3. The van der Waals surface area contributed by atoms with Crippen molar-refractivity contribution >= 4 is 11.9 Å². The van der Waals surface area contributed by atoms with Crippen LogP contribution in [0.5, 0.6) is 0 Å². The first-order valence-electron chi connectivity index (χ1n) is 6.28. The van der Waals surface area contributed by atoms with Gasteiger partial charge < -0.3 is 4.74 Å². The monoisotopic (exact) mass is 259 g/mol. The van der Waals surface area contributed by atoms with Gasteiger partial charge in [0.25, 0.3) is 0 Å². The molecule has 5 heteroatoms. The molecule has 0 spiro atoms. The number of ether oxygens (including phenoxy) is 1. The topological polar surface area (TPSA) is 46.6 Å². The molecule has 0 aromatic heterocycles. The Morgan fingerprint density at radius 2 is 2.00 bits per heavy atom. The Balaban J connectivity index is 2.92. The van der Waals surface area contributed by atoms with Crippen molar-refractivity contribution in [3.8, 4) is 0 Å². The number of likely N-dealkylation sites (tertiary alicyclic amines) is 1. The number of ketones is 1. The van der Waals surface area contributed by atoms with E-state index in [-0.39, 0.29) is 25.2 Å². The van der Waals surface area contributed by atoms with E-state index in [2.05, 4.69) is 0 Å². The minimum atomic E-state index is -1.17. The van der Waals surface area contributed by atoms with Crippen molar-refractivity contribution in [1.29, 1.82) is 0 Å². The molecule has 1 amide bonds. The van der Waals surface area contributed by atoms with E-state index < -0.39 is 23.4 Å². The van der Waals surface area contributed by atoms with Crippen LogP contribution in [0.4, 0.5) is 9.18 Å². The molecule has 1 saturated heterocycles. The molecule has 2 atom stereocenters. The van der Waals surface area contributed by atoms with Crippen molar-refractivity contribution in [2.45, 2.75) is 64.8 Å². The van der Waals surface area contributed by atoms with Gasteiger partial charge in [-0.2, -0.15) is 0 Å². The smallest absolute Gasteiger partial charge is 0.411 e. The van der Waals surface area contributed by atoms with Crippen molar-refractivity contribution in [3.63, 3.8) is 0 Å². The van der Waals surface area contributed by atoms with E-state index in [0.29, 0.717) is 0 Å². The van der Waals surface area contributed by atoms with Crippen LogP contribution in [0.3, 0.4) is 0 Å². The summed E-state index contributed by atoms with van der Waals surface area (Å²) in [5.41, 5.74) is -1.72. The average Bonchev–Trinajstić information content (AvgIpc) is 2.51. The number of hydrogen-bond acceptors (Lipinski definition) is 3. The zero-order chi connectivity index (χ0) is 14.1. The van der Waals surface area contributed by atoms with E-state index in [1.54, 1.807) is 34.6 Å². The summed E-state index contributed by atoms with van der Waals surface area (Å²) in [5, 5.41) is 0. The molecular weight excluding hydrogens is 237 g/mol. The molecule has 18 heavy (non-hydrogen) atoms. The van der Waals surface area contributed by atoms with Crippen LogP contribution < -0.4 is 0 Å². The summed E-state index contributed by atoms with van der Waals surface area (Å²) in [7, 11) is 0. The van der Waals surface area contributed by atoms with Gasteiger partial charge in [-0.1, -0.05) is 6.92 Å². The summed E-state index contributed by atoms with van der Waals surface area (Å²) in [5.74, 6) is -0.131. The van der Waals surface area contributed by atoms with Crippen LogP contribution in [-0.4, -0.2) is 40.6 Å². The van der Waals surface area contributed by atoms with Crippen molar-refractivity contribution in [2.75, 3.05) is 6.54 Å². The molecule has 0 aromatic carbocycles. The average molecular weight is 259 g/mol. The Morgan fingerprint density at radius 3 is 2.44 bits per heavy atom. The van der Waals surface area contributed by atoms with Crippen LogP contribution in [0.2, 0.25) is 0 Å². The highest BCUT2D eigenvalue weighted by atomic mass is 19.1. The van der Waals surface area contributed by atoms with Crippen molar-refractivity contribution < 1.29 is 18.7 Å². The van der Waals surface area contributed by atoms with E-state index in [9.17, 15) is 14.0 Å². The highest BCUT2D eigenvalue weighted by Crippen LogP contribution is 2.34. The molecule has 0 bridgehead atoms. The first-order chi connectivity index (χ1) is 8.10. The SMILES string of the molecule is CCC(=O)[C@]1(C)C[C@H](F)CN1C(=O)OC(C)(C)C. The van der Waals surface area contributed by atoms with Gasteiger partial charge in [0.1, 0.15) is 17.3 Å². The Hall–Kier alpha value is -1.13. The van der Waals surface area contributed by atoms with Gasteiger partial charge in [-0.3, -0.25) is 9.69 Å². The largest absolute Gasteiger partial charge is 0.444 e. The van der Waals surface area contributed by atoms with Gasteiger partial charge >= 0.3 is 6.09 Å². The molecule has 0 saturated carbocycles. The second-order valence-corrected chi connectivity index (χ2v) is 5.94. The van der Waals surface area contributed by atoms with Gasteiger partial charge in [-0.05, 0) is 27.7 Å². The third kappa shape index (κ3) is 3.00. The maximum absolute atomic E-state index is 13.6. The number of carbonyl (C=O) groups is 2. The lowest BCUT2D eigenvalue weighted by atomic mass is 9.91. The van der Waals surface area contributed by atoms with Crippen LogP contribution in [0.1, 0.15) is 47.5 Å². The Morgan fingerprint density at radius 1 is 1.44 bits per heavy atom. The molecule has 1 fully saturated rings. The highest BCUT2D eigenvalue weighted by Gasteiger charge is 2.50. The quantitative estimate of drug-likeness (QED) is 0.766. The Kier molecular flexibility index (Phi) is 4.03. The summed E-state index contributed by atoms with van der Waals surface area (Å²) in [6.45, 7) is 8.48. The predicted molar refractivity (Wildman–Crippen MR) is 66.2 cm³/mol. The van der Waals surface area contributed by atoms with Gasteiger partial charge in [-0.15, -0.1) is 0 Å². The molecular formula is C13H22FNO3. The number of hydrogen-bond donors (Lipinski definition) is 0. The number of carbonyl (C=O) groups excluding carboxylic acids is 2. The number of amides is 1. The van der Waals surface area contributed by atoms with Crippen molar-refractivity contribution in [1.82, 2.24) is 4.90 Å². The van der Waals surface area contributed by atoms with E-state index >= 15 is 0 Å². The van der Waals surface area contributed by atoms with Gasteiger partial charge in [0.2, 0.25) is 0 Å². The summed E-state index contributed by atoms with van der Waals surface area (Å²) in [4.78, 5) is 25.2. The van der Waals surface area contributed by atoms with E-state index in [4.69, 9.17) is 4.74 Å². The minimum Gasteiger partial charge on any atom is -0.444 e. The molecule has 1 aliphatic heterocycles. The van der Waals surface area contributed by atoms with E-state index in [1.807, 2.05) is 0 Å². The number of rotatable bonds is 2. The fourth-order valence-electron chi connectivity index (χ4n) is 2.24. The Bertz CT molecular complexity index is 351. The van der Waals surface area contributed by atoms with Gasteiger partial charge in [0.15, 0.2) is 5.78 Å². The molecule has 0 aliphatic carbocycles. The lowest BCUT2D eigenvalue weighted by Gasteiger charge is -2.34. The molecule has 0 unspecified atom stereocenters. The van der Waals surface area contributed by atoms with Gasteiger partial charge in [-0.25, -0.2) is 9.18 Å². The minimum absolute atomic E-state index is 0.0545. The number of Topliss-reactive ketones (excluding diaryl/α,β-unsaturated/α-hetero) is 1. The molecule has 104 valence electrons. The number of alkyl halides is 1. The maximum Gasteiger partial charge on any atom is 0.411 e. The third-order valence-electron chi connectivity index (χ3n) is 3.13. The summed E-state index contributed by atoms with van der Waals surface area (Å²) in [6, 6.07) is 0. The lowest BCUT2D eigenvalue weighted by molar-refractivity contribution is -0.128. The highest BCUT2D eigenvalue weighted by molar-refractivity contribution is 5.91. The van der Waals surface area contributed by atoms with Crippen LogP contribution in [0.25, 0.3) is 0 Å². The summed E-state index contributed by atoms with van der Waals surface area (Å²) < 4.78 is 18.8. The second kappa shape index (κ2) is 4.86. The third-order valence-corrected chi connectivity index (χ3v) is 3.13. The van der Waals surface area contributed by atoms with Crippen molar-refractivity contribution in [2.24, 2.45) is 0 Å². The molecule has 1 aliphatic rings. The van der Waals surface area contributed by atoms with Gasteiger partial charge in [0.05, 0.1) is 6.54 Å². The molecule has 0 aromatic rings. The standard InChI is InChI=1S/C13H22FNO3/c1-6-10(16)13(5)7-9(14)8-15(13)11(17)18-12(2,3)4/h9H,6-8H2,1-5H3/t9-,13-/m0/s1. The van der Waals surface area contributed by atoms with Gasteiger partial charge in [0, 0.05) is 12.8 Å². The second-order valence-electron chi connectivity index (χ2n) is 5.94. The fourth-order valence-corrected chi connectivity index (χ4v) is 2.24. The van der Waals surface area contributed by atoms with Crippen LogP contribution in [0, 0.1) is 0 Å². The first kappa shape index (κ1) is 14.9. The van der Waals surface area contributed by atoms with Crippen LogP contribution >= 0.6 is 0 Å². The van der Waals surface area contributed by atoms with Crippen LogP contribution in [0.15, 0.2) is 0 Å².